The van der Waals surface area contributed by atoms with Gasteiger partial charge in [0.2, 0.25) is 0 Å². The van der Waals surface area contributed by atoms with Crippen LogP contribution in [0.25, 0.3) is 5.65 Å². The number of imidazole rings is 1. The average Bonchev–Trinajstić information content (AvgIpc) is 2.85. The van der Waals surface area contributed by atoms with Crippen molar-refractivity contribution < 1.29 is 4.79 Å². The summed E-state index contributed by atoms with van der Waals surface area (Å²) in [5.74, 6) is -0.0921. The molecule has 0 atom stereocenters. The van der Waals surface area contributed by atoms with Crippen LogP contribution in [-0.4, -0.2) is 26.3 Å². The highest BCUT2D eigenvalue weighted by Gasteiger charge is 2.20. The van der Waals surface area contributed by atoms with Crippen molar-refractivity contribution in [1.82, 2.24) is 19.7 Å². The van der Waals surface area contributed by atoms with E-state index < -0.39 is 0 Å². The summed E-state index contributed by atoms with van der Waals surface area (Å²) >= 11 is 0. The van der Waals surface area contributed by atoms with Crippen molar-refractivity contribution in [1.29, 1.82) is 0 Å². The summed E-state index contributed by atoms with van der Waals surface area (Å²) in [7, 11) is 0. The predicted molar refractivity (Wildman–Crippen MR) is 86.0 cm³/mol. The van der Waals surface area contributed by atoms with Gasteiger partial charge in [-0.1, -0.05) is 32.1 Å². The molecule has 1 amide bonds. The third-order valence-corrected chi connectivity index (χ3v) is 4.48. The van der Waals surface area contributed by atoms with Gasteiger partial charge in [0.05, 0.1) is 0 Å². The van der Waals surface area contributed by atoms with E-state index in [-0.39, 0.29) is 11.9 Å². The molecule has 5 heteroatoms. The van der Waals surface area contributed by atoms with Crippen LogP contribution < -0.4 is 5.32 Å². The molecule has 1 aliphatic rings. The molecule has 2 aromatic heterocycles. The van der Waals surface area contributed by atoms with E-state index in [1.54, 1.807) is 6.33 Å². The second-order valence-electron chi connectivity index (χ2n) is 6.34. The standard InChI is InChI=1S/C17H24N4O/c1-12-10-13(2)21-11-18-15(16(21)19-12)17(22)20-14-8-6-4-3-5-7-9-14/h10-11,14H,3-9H2,1-2H3,(H,20,22). The monoisotopic (exact) mass is 300 g/mol. The minimum atomic E-state index is -0.0921. The molecule has 2 heterocycles. The Morgan fingerprint density at radius 3 is 2.59 bits per heavy atom. The summed E-state index contributed by atoms with van der Waals surface area (Å²) in [6.07, 6.45) is 10.1. The molecular weight excluding hydrogens is 276 g/mol. The van der Waals surface area contributed by atoms with E-state index in [2.05, 4.69) is 15.3 Å². The summed E-state index contributed by atoms with van der Waals surface area (Å²) in [5, 5.41) is 3.17. The van der Waals surface area contributed by atoms with Gasteiger partial charge in [0, 0.05) is 17.4 Å². The lowest BCUT2D eigenvalue weighted by Gasteiger charge is -2.20. The van der Waals surface area contributed by atoms with Crippen LogP contribution in [-0.2, 0) is 0 Å². The van der Waals surface area contributed by atoms with Crippen LogP contribution in [0.2, 0.25) is 0 Å². The summed E-state index contributed by atoms with van der Waals surface area (Å²) in [6, 6.07) is 2.26. The molecule has 0 saturated heterocycles. The molecule has 118 valence electrons. The van der Waals surface area contributed by atoms with E-state index in [1.165, 1.54) is 32.1 Å². The molecule has 0 radical (unpaired) electrons. The Bertz CT molecular complexity index is 669. The Balaban J connectivity index is 1.79. The molecule has 1 aliphatic carbocycles. The molecule has 2 aromatic rings. The fourth-order valence-electron chi connectivity index (χ4n) is 3.29. The number of amides is 1. The molecule has 0 aromatic carbocycles. The summed E-state index contributed by atoms with van der Waals surface area (Å²) in [5.41, 5.74) is 3.04. The first-order valence-corrected chi connectivity index (χ1v) is 8.27. The van der Waals surface area contributed by atoms with Crippen molar-refractivity contribution in [2.45, 2.75) is 64.8 Å². The number of hydrogen-bond acceptors (Lipinski definition) is 3. The molecule has 1 N–H and O–H groups in total. The van der Waals surface area contributed by atoms with Gasteiger partial charge in [-0.05, 0) is 32.8 Å². The van der Waals surface area contributed by atoms with Gasteiger partial charge in [0.15, 0.2) is 11.3 Å². The van der Waals surface area contributed by atoms with Gasteiger partial charge >= 0.3 is 0 Å². The van der Waals surface area contributed by atoms with Crippen molar-refractivity contribution in [3.8, 4) is 0 Å². The maximum Gasteiger partial charge on any atom is 0.274 e. The molecule has 0 aliphatic heterocycles. The van der Waals surface area contributed by atoms with Gasteiger partial charge in [0.1, 0.15) is 6.33 Å². The maximum atomic E-state index is 12.6. The van der Waals surface area contributed by atoms with Crippen LogP contribution >= 0.6 is 0 Å². The number of carbonyl (C=O) groups is 1. The van der Waals surface area contributed by atoms with E-state index in [0.29, 0.717) is 11.3 Å². The normalized spacial score (nSPS) is 17.2. The lowest BCUT2D eigenvalue weighted by molar-refractivity contribution is 0.0927. The van der Waals surface area contributed by atoms with Crippen molar-refractivity contribution in [2.24, 2.45) is 0 Å². The van der Waals surface area contributed by atoms with Gasteiger partial charge in [-0.3, -0.25) is 9.20 Å². The number of aryl methyl sites for hydroxylation is 2. The second kappa shape index (κ2) is 6.46. The van der Waals surface area contributed by atoms with Crippen LogP contribution in [0.1, 0.15) is 66.8 Å². The third-order valence-electron chi connectivity index (χ3n) is 4.48. The van der Waals surface area contributed by atoms with Gasteiger partial charge in [-0.25, -0.2) is 9.97 Å². The number of nitrogens with zero attached hydrogens (tertiary/aromatic N) is 3. The van der Waals surface area contributed by atoms with E-state index >= 15 is 0 Å². The smallest absolute Gasteiger partial charge is 0.274 e. The number of rotatable bonds is 2. The van der Waals surface area contributed by atoms with Crippen molar-refractivity contribution in [3.63, 3.8) is 0 Å². The Labute approximate surface area is 131 Å². The maximum absolute atomic E-state index is 12.6. The number of carbonyl (C=O) groups excluding carboxylic acids is 1. The zero-order chi connectivity index (χ0) is 15.5. The number of aromatic nitrogens is 3. The molecule has 22 heavy (non-hydrogen) atoms. The van der Waals surface area contributed by atoms with E-state index in [4.69, 9.17) is 0 Å². The lowest BCUT2D eigenvalue weighted by atomic mass is 9.96. The Kier molecular flexibility index (Phi) is 4.41. The van der Waals surface area contributed by atoms with Gasteiger partial charge < -0.3 is 5.32 Å². The average molecular weight is 300 g/mol. The summed E-state index contributed by atoms with van der Waals surface area (Å²) < 4.78 is 1.88. The van der Waals surface area contributed by atoms with Crippen LogP contribution in [0.15, 0.2) is 12.4 Å². The Hall–Kier alpha value is -1.91. The highest BCUT2D eigenvalue weighted by atomic mass is 16.2. The first kappa shape index (κ1) is 15.0. The first-order chi connectivity index (χ1) is 10.6. The molecule has 3 rings (SSSR count). The van der Waals surface area contributed by atoms with Crippen molar-refractivity contribution in [3.05, 3.63) is 29.5 Å². The number of hydrogen-bond donors (Lipinski definition) is 1. The quantitative estimate of drug-likeness (QED) is 0.926. The molecule has 1 fully saturated rings. The largest absolute Gasteiger partial charge is 0.348 e. The fraction of sp³-hybridized carbons (Fsp3) is 0.588. The SMILES string of the molecule is Cc1cc(C)n2cnc(C(=O)NC3CCCCCCC3)c2n1. The number of nitrogens with one attached hydrogen (secondary N) is 1. The van der Waals surface area contributed by atoms with Gasteiger partial charge in [-0.2, -0.15) is 0 Å². The van der Waals surface area contributed by atoms with Crippen molar-refractivity contribution >= 4 is 11.6 Å². The molecule has 1 saturated carbocycles. The lowest BCUT2D eigenvalue weighted by Crippen LogP contribution is -2.35. The minimum absolute atomic E-state index is 0.0921. The fourth-order valence-corrected chi connectivity index (χ4v) is 3.29. The topological polar surface area (TPSA) is 59.3 Å². The van der Waals surface area contributed by atoms with Crippen molar-refractivity contribution in [2.75, 3.05) is 0 Å². The predicted octanol–water partition coefficient (Wildman–Crippen LogP) is 3.19. The molecule has 5 nitrogen and oxygen atoms in total. The summed E-state index contributed by atoms with van der Waals surface area (Å²) in [4.78, 5) is 21.4. The van der Waals surface area contributed by atoms with E-state index in [1.807, 2.05) is 24.3 Å². The molecular formula is C17H24N4O. The van der Waals surface area contributed by atoms with Gasteiger partial charge in [0.25, 0.3) is 5.91 Å². The van der Waals surface area contributed by atoms with E-state index in [0.717, 1.165) is 24.2 Å². The van der Waals surface area contributed by atoms with Crippen LogP contribution in [0.5, 0.6) is 0 Å². The molecule has 0 spiro atoms. The second-order valence-corrected chi connectivity index (χ2v) is 6.34. The molecule has 0 bridgehead atoms. The zero-order valence-corrected chi connectivity index (χ0v) is 13.4. The first-order valence-electron chi connectivity index (χ1n) is 8.27. The summed E-state index contributed by atoms with van der Waals surface area (Å²) in [6.45, 7) is 3.94. The number of fused-ring (bicyclic) bond motifs is 1. The van der Waals surface area contributed by atoms with Crippen LogP contribution in [0.4, 0.5) is 0 Å². The minimum Gasteiger partial charge on any atom is -0.348 e. The third kappa shape index (κ3) is 3.13. The highest BCUT2D eigenvalue weighted by molar-refractivity contribution is 5.98. The van der Waals surface area contributed by atoms with Crippen LogP contribution in [0.3, 0.4) is 0 Å². The highest BCUT2D eigenvalue weighted by Crippen LogP contribution is 2.18. The Morgan fingerprint density at radius 1 is 1.18 bits per heavy atom. The van der Waals surface area contributed by atoms with Gasteiger partial charge in [-0.15, -0.1) is 0 Å². The zero-order valence-electron chi connectivity index (χ0n) is 13.4. The van der Waals surface area contributed by atoms with E-state index in [9.17, 15) is 4.79 Å². The Morgan fingerprint density at radius 2 is 1.86 bits per heavy atom. The molecule has 0 unspecified atom stereocenters. The van der Waals surface area contributed by atoms with Crippen LogP contribution in [0, 0.1) is 13.8 Å².